The summed E-state index contributed by atoms with van der Waals surface area (Å²) in [6.07, 6.45) is 20.7. The van der Waals surface area contributed by atoms with Crippen LogP contribution in [0.15, 0.2) is 47.6 Å². The predicted octanol–water partition coefficient (Wildman–Crippen LogP) is 5.19. The van der Waals surface area contributed by atoms with Gasteiger partial charge in [0.1, 0.15) is 0 Å². The van der Waals surface area contributed by atoms with Crippen LogP contribution in [0.4, 0.5) is 0 Å². The zero-order valence-electron chi connectivity index (χ0n) is 12.7. The summed E-state index contributed by atoms with van der Waals surface area (Å²) in [4.78, 5) is 0. The van der Waals surface area contributed by atoms with E-state index in [0.29, 0.717) is 5.92 Å². The Morgan fingerprint density at radius 2 is 1.75 bits per heavy atom. The summed E-state index contributed by atoms with van der Waals surface area (Å²) in [6.45, 7) is 4.60. The van der Waals surface area contributed by atoms with E-state index in [2.05, 4.69) is 50.3 Å². The van der Waals surface area contributed by atoms with Crippen LogP contribution >= 0.6 is 0 Å². The van der Waals surface area contributed by atoms with Crippen LogP contribution in [-0.4, -0.2) is 5.60 Å². The van der Waals surface area contributed by atoms with Crippen LogP contribution in [0, 0.1) is 5.92 Å². The van der Waals surface area contributed by atoms with E-state index < -0.39 is 0 Å². The first-order valence-corrected chi connectivity index (χ1v) is 9.33. The molecule has 2 rings (SSSR count). The van der Waals surface area contributed by atoms with E-state index in [-0.39, 0.29) is 5.60 Å². The van der Waals surface area contributed by atoms with Gasteiger partial charge in [0.25, 0.3) is 0 Å². The molecule has 0 spiro atoms. The van der Waals surface area contributed by atoms with Gasteiger partial charge in [-0.15, -0.1) is 0 Å². The molecule has 0 N–H and O–H groups in total. The van der Waals surface area contributed by atoms with Crippen molar-refractivity contribution >= 4 is 0 Å². The van der Waals surface area contributed by atoms with Gasteiger partial charge in [0.15, 0.2) is 0 Å². The van der Waals surface area contributed by atoms with Gasteiger partial charge in [-0.25, -0.2) is 0 Å². The molecule has 1 unspecified atom stereocenters. The minimum absolute atomic E-state index is 0.122. The summed E-state index contributed by atoms with van der Waals surface area (Å²) >= 11 is 0.789. The summed E-state index contributed by atoms with van der Waals surface area (Å²) in [5.41, 5.74) is 2.83. The molecule has 0 aliphatic heterocycles. The van der Waals surface area contributed by atoms with Crippen molar-refractivity contribution in [2.75, 3.05) is 0 Å². The van der Waals surface area contributed by atoms with Gasteiger partial charge in [0.05, 0.1) is 0 Å². The molecule has 1 nitrogen and oxygen atoms in total. The molecule has 2 aliphatic rings. The Hall–Kier alpha value is -0.210. The van der Waals surface area contributed by atoms with Gasteiger partial charge in [0.2, 0.25) is 0 Å². The van der Waals surface area contributed by atoms with Crippen LogP contribution in [0.25, 0.3) is 0 Å². The summed E-state index contributed by atoms with van der Waals surface area (Å²) < 4.78 is 6.38. The maximum atomic E-state index is 6.38. The fourth-order valence-electron chi connectivity index (χ4n) is 3.54. The van der Waals surface area contributed by atoms with E-state index in [0.717, 1.165) is 37.7 Å². The van der Waals surface area contributed by atoms with Crippen LogP contribution in [0.1, 0.15) is 52.4 Å². The molecule has 0 aromatic heterocycles. The second-order valence-corrected chi connectivity index (χ2v) is 6.47. The molecule has 20 heavy (non-hydrogen) atoms. The fraction of sp³-hybridized carbons (Fsp3) is 0.556. The molecule has 0 amide bonds. The van der Waals surface area contributed by atoms with Crippen molar-refractivity contribution in [3.8, 4) is 0 Å². The third kappa shape index (κ3) is 3.01. The Morgan fingerprint density at radius 3 is 2.10 bits per heavy atom. The second kappa shape index (κ2) is 7.70. The van der Waals surface area contributed by atoms with Crippen LogP contribution < -0.4 is 0 Å². The van der Waals surface area contributed by atoms with Crippen molar-refractivity contribution < 1.29 is 27.7 Å². The normalized spacial score (nSPS) is 19.2. The Bertz CT molecular complexity index is 412. The van der Waals surface area contributed by atoms with Crippen molar-refractivity contribution in [2.24, 2.45) is 5.92 Å². The maximum absolute atomic E-state index is 6.38. The molecule has 0 saturated heterocycles. The first-order chi connectivity index (χ1) is 9.79. The van der Waals surface area contributed by atoms with E-state index in [1.807, 2.05) is 0 Å². The monoisotopic (exact) mass is 437 g/mol. The van der Waals surface area contributed by atoms with Gasteiger partial charge in [0, 0.05) is 0 Å². The van der Waals surface area contributed by atoms with Crippen LogP contribution in [0.3, 0.4) is 0 Å². The van der Waals surface area contributed by atoms with Crippen LogP contribution in [0.5, 0.6) is 0 Å². The van der Waals surface area contributed by atoms with Crippen LogP contribution in [-0.2, 0) is 27.7 Å². The number of hydrogen-bond donors (Lipinski definition) is 0. The third-order valence-corrected chi connectivity index (χ3v) is 5.79. The minimum atomic E-state index is -0.122. The molecule has 2 heteroatoms. The Labute approximate surface area is 139 Å². The third-order valence-electron chi connectivity index (χ3n) is 4.63. The number of hydrogen-bond acceptors (Lipinski definition) is 1. The molecule has 1 atom stereocenters. The van der Waals surface area contributed by atoms with Crippen molar-refractivity contribution in [2.45, 2.75) is 58.0 Å². The van der Waals surface area contributed by atoms with Gasteiger partial charge in [-0.1, -0.05) is 0 Å². The van der Waals surface area contributed by atoms with Gasteiger partial charge >= 0.3 is 139 Å². The molecule has 0 heterocycles. The van der Waals surface area contributed by atoms with Crippen molar-refractivity contribution in [1.82, 2.24) is 0 Å². The Kier molecular flexibility index (Phi) is 6.22. The summed E-state index contributed by atoms with van der Waals surface area (Å²) in [6, 6.07) is 0. The molecular weight excluding hydrogens is 411 g/mol. The Morgan fingerprint density at radius 1 is 1.15 bits per heavy atom. The van der Waals surface area contributed by atoms with Crippen molar-refractivity contribution in [1.29, 1.82) is 0 Å². The number of allylic oxidation sites excluding steroid dienone is 6. The molecule has 0 aromatic rings. The van der Waals surface area contributed by atoms with Gasteiger partial charge in [-0.05, 0) is 0 Å². The zero-order valence-corrected chi connectivity index (χ0v) is 16.3. The zero-order chi connectivity index (χ0) is 14.4. The fourth-order valence-corrected chi connectivity index (χ4v) is 5.08. The van der Waals surface area contributed by atoms with Gasteiger partial charge in [-0.3, -0.25) is 0 Å². The Balaban J connectivity index is 2.35. The van der Waals surface area contributed by atoms with Crippen molar-refractivity contribution in [3.05, 3.63) is 47.6 Å². The average molecular weight is 436 g/mol. The molecule has 0 saturated carbocycles. The summed E-state index contributed by atoms with van der Waals surface area (Å²) in [5, 5.41) is 0. The number of rotatable bonds is 8. The summed E-state index contributed by atoms with van der Waals surface area (Å²) in [5.74, 6) is 0.609. The second-order valence-electron chi connectivity index (χ2n) is 5.73. The molecule has 0 radical (unpaired) electrons. The van der Waals surface area contributed by atoms with Gasteiger partial charge < -0.3 is 0 Å². The van der Waals surface area contributed by atoms with E-state index in [1.54, 1.807) is 0 Å². The SMILES string of the molecule is CCCCC(CC)C([O][Hf])(C1=CC=CC1)C1=CC=CC1. The summed E-state index contributed by atoms with van der Waals surface area (Å²) in [7, 11) is 0. The molecule has 0 fully saturated rings. The van der Waals surface area contributed by atoms with E-state index in [4.69, 9.17) is 2.85 Å². The molecular formula is C18H25HfO. The van der Waals surface area contributed by atoms with E-state index in [1.165, 1.54) is 36.8 Å². The predicted molar refractivity (Wildman–Crippen MR) is 80.8 cm³/mol. The molecule has 2 aliphatic carbocycles. The first-order valence-electron chi connectivity index (χ1n) is 7.86. The first kappa shape index (κ1) is 16.2. The average Bonchev–Trinajstić information content (AvgIpc) is 3.16. The van der Waals surface area contributed by atoms with Crippen LogP contribution in [0.2, 0.25) is 0 Å². The van der Waals surface area contributed by atoms with E-state index >= 15 is 0 Å². The molecule has 0 aromatic carbocycles. The molecule has 0 bridgehead atoms. The van der Waals surface area contributed by atoms with E-state index in [9.17, 15) is 0 Å². The quantitative estimate of drug-likeness (QED) is 0.477. The standard InChI is InChI=1S/C18H25O.Hf/c1-3-5-10-15(4-2)18(19,16-11-6-7-12-16)17-13-8-9-14-17;/h6-9,11,13,15H,3-5,10,12,14H2,1-2H3;/q-1;+1. The number of unbranched alkanes of at least 4 members (excludes halogenated alkanes) is 1. The topological polar surface area (TPSA) is 9.23 Å². The molecule has 107 valence electrons. The van der Waals surface area contributed by atoms with Crippen molar-refractivity contribution in [3.63, 3.8) is 0 Å². The van der Waals surface area contributed by atoms with Gasteiger partial charge in [-0.2, -0.15) is 0 Å².